The van der Waals surface area contributed by atoms with Crippen LogP contribution in [0.1, 0.15) is 41.2 Å². The summed E-state index contributed by atoms with van der Waals surface area (Å²) in [5, 5.41) is 6.01. The van der Waals surface area contributed by atoms with Gasteiger partial charge in [0.25, 0.3) is 11.5 Å². The molecule has 4 heterocycles. The smallest absolute Gasteiger partial charge is 0.259 e. The lowest BCUT2D eigenvalue weighted by molar-refractivity contribution is 0.0623. The van der Waals surface area contributed by atoms with Gasteiger partial charge in [-0.05, 0) is 43.9 Å². The van der Waals surface area contributed by atoms with E-state index in [4.69, 9.17) is 9.47 Å². The maximum Gasteiger partial charge on any atom is 0.259 e. The third-order valence-electron chi connectivity index (χ3n) is 7.16. The summed E-state index contributed by atoms with van der Waals surface area (Å²) in [4.78, 5) is 33.6. The molecule has 2 aliphatic heterocycles. The van der Waals surface area contributed by atoms with E-state index in [2.05, 4.69) is 15.0 Å². The number of hydrogen-bond donors (Lipinski definition) is 1. The van der Waals surface area contributed by atoms with Crippen LogP contribution in [0.2, 0.25) is 0 Å². The van der Waals surface area contributed by atoms with Crippen molar-refractivity contribution in [1.29, 1.82) is 0 Å². The number of carbonyl (C=O) groups is 1. The van der Waals surface area contributed by atoms with E-state index in [1.165, 1.54) is 0 Å². The maximum absolute atomic E-state index is 13.5. The molecule has 1 aromatic carbocycles. The minimum atomic E-state index is -0.149. The number of fused-ring (bicyclic) bond motifs is 3. The Balaban J connectivity index is 1.46. The van der Waals surface area contributed by atoms with E-state index in [0.29, 0.717) is 37.3 Å². The molecule has 3 aromatic rings. The first kappa shape index (κ1) is 23.0. The first-order chi connectivity index (χ1) is 16.6. The van der Waals surface area contributed by atoms with Crippen molar-refractivity contribution in [2.24, 2.45) is 0 Å². The molecule has 9 heteroatoms. The number of pyridine rings is 1. The molecule has 2 aromatic heterocycles. The van der Waals surface area contributed by atoms with E-state index >= 15 is 0 Å². The van der Waals surface area contributed by atoms with Crippen LogP contribution in [-0.4, -0.2) is 90.1 Å². The number of aromatic nitrogens is 3. The van der Waals surface area contributed by atoms with Crippen molar-refractivity contribution >= 4 is 27.7 Å². The highest BCUT2D eigenvalue weighted by atomic mass is 16.5. The molecule has 1 N–H and O–H groups in total. The Bertz CT molecular complexity index is 1240. The van der Waals surface area contributed by atoms with Gasteiger partial charge in [-0.1, -0.05) is 0 Å². The van der Waals surface area contributed by atoms with Crippen molar-refractivity contribution in [3.63, 3.8) is 0 Å². The summed E-state index contributed by atoms with van der Waals surface area (Å²) < 4.78 is 12.6. The molecule has 2 fully saturated rings. The zero-order valence-electron chi connectivity index (χ0n) is 20.0. The number of benzene rings is 1. The van der Waals surface area contributed by atoms with E-state index in [1.54, 1.807) is 13.3 Å². The molecule has 0 aliphatic carbocycles. The second-order valence-corrected chi connectivity index (χ2v) is 9.34. The SMILES string of the molecule is COCCCN1CCN(C(=O)c2cc3c(cc2C)[nH]c(=O)c2cnn(C4CCOCC4)c23)CC1. The van der Waals surface area contributed by atoms with Crippen LogP contribution in [0.25, 0.3) is 21.8 Å². The number of aromatic amines is 1. The van der Waals surface area contributed by atoms with Crippen LogP contribution in [0.4, 0.5) is 0 Å². The van der Waals surface area contributed by atoms with Gasteiger partial charge in [0.05, 0.1) is 28.7 Å². The normalized spacial score (nSPS) is 18.2. The van der Waals surface area contributed by atoms with Gasteiger partial charge in [0.1, 0.15) is 0 Å². The van der Waals surface area contributed by atoms with Gasteiger partial charge >= 0.3 is 0 Å². The average molecular weight is 468 g/mol. The van der Waals surface area contributed by atoms with Crippen LogP contribution in [0, 0.1) is 6.92 Å². The number of ether oxygens (including phenoxy) is 2. The van der Waals surface area contributed by atoms with Gasteiger partial charge in [-0.3, -0.25) is 19.2 Å². The van der Waals surface area contributed by atoms with Gasteiger partial charge < -0.3 is 19.4 Å². The maximum atomic E-state index is 13.5. The molecule has 0 radical (unpaired) electrons. The number of H-pyrrole nitrogens is 1. The highest BCUT2D eigenvalue weighted by Crippen LogP contribution is 2.30. The number of carbonyl (C=O) groups excluding carboxylic acids is 1. The molecule has 9 nitrogen and oxygen atoms in total. The lowest BCUT2D eigenvalue weighted by Crippen LogP contribution is -2.49. The summed E-state index contributed by atoms with van der Waals surface area (Å²) in [5.41, 5.74) is 2.95. The standard InChI is InChI=1S/C25H33N5O4/c1-17-14-22-20(15-19(17)25(32)29-9-7-28(8-10-29)6-3-11-33-2)23-21(24(31)27-22)16-26-30(23)18-4-12-34-13-5-18/h14-16,18H,3-13H2,1-2H3,(H,27,31). The number of nitrogens with zero attached hydrogens (tertiary/aromatic N) is 4. The molecular weight excluding hydrogens is 434 g/mol. The highest BCUT2D eigenvalue weighted by molar-refractivity contribution is 6.07. The highest BCUT2D eigenvalue weighted by Gasteiger charge is 2.25. The van der Waals surface area contributed by atoms with Gasteiger partial charge in [-0.25, -0.2) is 0 Å². The van der Waals surface area contributed by atoms with Crippen LogP contribution in [0.5, 0.6) is 0 Å². The predicted molar refractivity (Wildman–Crippen MR) is 131 cm³/mol. The first-order valence-corrected chi connectivity index (χ1v) is 12.2. The second-order valence-electron chi connectivity index (χ2n) is 9.34. The molecule has 0 unspecified atom stereocenters. The zero-order chi connectivity index (χ0) is 23.7. The minimum absolute atomic E-state index is 0.0485. The van der Waals surface area contributed by atoms with Crippen LogP contribution in [-0.2, 0) is 9.47 Å². The van der Waals surface area contributed by atoms with Crippen LogP contribution in [0.3, 0.4) is 0 Å². The molecule has 0 atom stereocenters. The lowest BCUT2D eigenvalue weighted by Gasteiger charge is -2.35. The van der Waals surface area contributed by atoms with E-state index in [0.717, 1.165) is 67.5 Å². The third-order valence-corrected chi connectivity index (χ3v) is 7.16. The Morgan fingerprint density at radius 1 is 1.18 bits per heavy atom. The van der Waals surface area contributed by atoms with Crippen molar-refractivity contribution in [2.45, 2.75) is 32.2 Å². The summed E-state index contributed by atoms with van der Waals surface area (Å²) >= 11 is 0. The summed E-state index contributed by atoms with van der Waals surface area (Å²) in [7, 11) is 1.72. The van der Waals surface area contributed by atoms with Gasteiger partial charge in [-0.15, -0.1) is 0 Å². The fourth-order valence-electron chi connectivity index (χ4n) is 5.21. The molecule has 5 rings (SSSR count). The number of amides is 1. The average Bonchev–Trinajstić information content (AvgIpc) is 3.31. The Kier molecular flexibility index (Phi) is 6.67. The lowest BCUT2D eigenvalue weighted by atomic mass is 10.0. The largest absolute Gasteiger partial charge is 0.385 e. The number of aryl methyl sites for hydroxylation is 1. The van der Waals surface area contributed by atoms with Gasteiger partial charge in [0, 0.05) is 70.6 Å². The van der Waals surface area contributed by atoms with Crippen LogP contribution >= 0.6 is 0 Å². The number of piperazine rings is 1. The molecule has 0 spiro atoms. The van der Waals surface area contributed by atoms with Crippen molar-refractivity contribution in [1.82, 2.24) is 24.6 Å². The second kappa shape index (κ2) is 9.85. The zero-order valence-corrected chi connectivity index (χ0v) is 20.0. The monoisotopic (exact) mass is 467 g/mol. The topological polar surface area (TPSA) is 92.7 Å². The number of nitrogens with one attached hydrogen (secondary N) is 1. The fourth-order valence-corrected chi connectivity index (χ4v) is 5.21. The Labute approximate surface area is 198 Å². The van der Waals surface area contributed by atoms with Crippen molar-refractivity contribution < 1.29 is 14.3 Å². The molecule has 182 valence electrons. The summed E-state index contributed by atoms with van der Waals surface area (Å²) in [5.74, 6) is 0.0485. The van der Waals surface area contributed by atoms with E-state index in [9.17, 15) is 9.59 Å². The molecule has 1 amide bonds. The molecule has 0 bridgehead atoms. The summed E-state index contributed by atoms with van der Waals surface area (Å²) in [6.07, 6.45) is 4.37. The van der Waals surface area contributed by atoms with E-state index < -0.39 is 0 Å². The molecule has 34 heavy (non-hydrogen) atoms. The number of rotatable bonds is 6. The number of hydrogen-bond acceptors (Lipinski definition) is 6. The van der Waals surface area contributed by atoms with Crippen molar-refractivity contribution in [2.75, 3.05) is 59.7 Å². The fraction of sp³-hybridized carbons (Fsp3) is 0.560. The minimum Gasteiger partial charge on any atom is -0.385 e. The van der Waals surface area contributed by atoms with Crippen molar-refractivity contribution in [3.8, 4) is 0 Å². The molecule has 0 saturated carbocycles. The van der Waals surface area contributed by atoms with Gasteiger partial charge in [-0.2, -0.15) is 5.10 Å². The summed E-state index contributed by atoms with van der Waals surface area (Å²) in [6.45, 7) is 8.23. The predicted octanol–water partition coefficient (Wildman–Crippen LogP) is 2.33. The van der Waals surface area contributed by atoms with E-state index in [-0.39, 0.29) is 17.5 Å². The Hall–Kier alpha value is -2.75. The third kappa shape index (κ3) is 4.35. The van der Waals surface area contributed by atoms with Gasteiger partial charge in [0.15, 0.2) is 0 Å². The molecular formula is C25H33N5O4. The quantitative estimate of drug-likeness (QED) is 0.560. The molecule has 2 saturated heterocycles. The van der Waals surface area contributed by atoms with E-state index in [1.807, 2.05) is 28.6 Å². The Morgan fingerprint density at radius 2 is 1.94 bits per heavy atom. The van der Waals surface area contributed by atoms with Gasteiger partial charge in [0.2, 0.25) is 0 Å². The van der Waals surface area contributed by atoms with Crippen molar-refractivity contribution in [3.05, 3.63) is 39.8 Å². The first-order valence-electron chi connectivity index (χ1n) is 12.2. The van der Waals surface area contributed by atoms with Crippen LogP contribution < -0.4 is 5.56 Å². The summed E-state index contributed by atoms with van der Waals surface area (Å²) in [6, 6.07) is 4.06. The van der Waals surface area contributed by atoms with Crippen LogP contribution in [0.15, 0.2) is 23.1 Å². The number of methoxy groups -OCH3 is 1. The molecule has 2 aliphatic rings. The Morgan fingerprint density at radius 3 is 2.68 bits per heavy atom.